The fourth-order valence-corrected chi connectivity index (χ4v) is 2.09. The first-order chi connectivity index (χ1) is 10.1. The Bertz CT molecular complexity index is 620. The van der Waals surface area contributed by atoms with E-state index < -0.39 is 0 Å². The van der Waals surface area contributed by atoms with E-state index in [1.165, 1.54) is 0 Å². The predicted octanol–water partition coefficient (Wildman–Crippen LogP) is 1.53. The van der Waals surface area contributed by atoms with Gasteiger partial charge in [0.15, 0.2) is 0 Å². The molecule has 21 heavy (non-hydrogen) atoms. The molecule has 6 nitrogen and oxygen atoms in total. The van der Waals surface area contributed by atoms with E-state index in [4.69, 9.17) is 0 Å². The lowest BCUT2D eigenvalue weighted by Gasteiger charge is -2.08. The summed E-state index contributed by atoms with van der Waals surface area (Å²) in [5.41, 5.74) is 2.56. The molecular weight excluding hydrogens is 266 g/mol. The lowest BCUT2D eigenvalue weighted by Crippen LogP contribution is -2.26. The Hall–Kier alpha value is -2.37. The molecule has 0 aliphatic heterocycles. The second kappa shape index (κ2) is 6.88. The number of nitrogens with zero attached hydrogens (tertiary/aromatic N) is 3. The van der Waals surface area contributed by atoms with Gasteiger partial charge in [-0.2, -0.15) is 5.10 Å². The molecule has 0 spiro atoms. The van der Waals surface area contributed by atoms with E-state index in [2.05, 4.69) is 20.7 Å². The molecule has 0 aromatic carbocycles. The number of nitrogens with one attached hydrogen (secondary N) is 2. The monoisotopic (exact) mass is 287 g/mol. The molecule has 0 aliphatic carbocycles. The highest BCUT2D eigenvalue weighted by Crippen LogP contribution is 2.10. The molecule has 1 amide bonds. The SMILES string of the molecule is CCNc1cc(C(=O)NCCc2cnn(C)c2)cc(C)n1. The minimum absolute atomic E-state index is 0.0801. The van der Waals surface area contributed by atoms with E-state index >= 15 is 0 Å². The van der Waals surface area contributed by atoms with Crippen LogP contribution in [0.1, 0.15) is 28.5 Å². The second-order valence-electron chi connectivity index (χ2n) is 4.94. The summed E-state index contributed by atoms with van der Waals surface area (Å²) in [6.45, 7) is 5.24. The second-order valence-corrected chi connectivity index (χ2v) is 4.94. The highest BCUT2D eigenvalue weighted by Gasteiger charge is 2.08. The zero-order valence-corrected chi connectivity index (χ0v) is 12.7. The fraction of sp³-hybridized carbons (Fsp3) is 0.400. The van der Waals surface area contributed by atoms with Gasteiger partial charge in [0.2, 0.25) is 0 Å². The minimum Gasteiger partial charge on any atom is -0.370 e. The Morgan fingerprint density at radius 1 is 1.38 bits per heavy atom. The van der Waals surface area contributed by atoms with Gasteiger partial charge in [-0.05, 0) is 38.0 Å². The molecule has 0 saturated heterocycles. The summed E-state index contributed by atoms with van der Waals surface area (Å²) >= 11 is 0. The molecule has 0 bridgehead atoms. The highest BCUT2D eigenvalue weighted by molar-refractivity contribution is 5.95. The maximum atomic E-state index is 12.2. The van der Waals surface area contributed by atoms with Crippen molar-refractivity contribution in [2.75, 3.05) is 18.4 Å². The van der Waals surface area contributed by atoms with Gasteiger partial charge in [-0.3, -0.25) is 9.48 Å². The Kier molecular flexibility index (Phi) is 4.92. The first-order valence-electron chi connectivity index (χ1n) is 7.06. The Morgan fingerprint density at radius 2 is 2.19 bits per heavy atom. The van der Waals surface area contributed by atoms with Crippen LogP contribution in [0.3, 0.4) is 0 Å². The average Bonchev–Trinajstić information content (AvgIpc) is 2.84. The molecule has 0 atom stereocenters. The summed E-state index contributed by atoms with van der Waals surface area (Å²) in [4.78, 5) is 16.5. The zero-order chi connectivity index (χ0) is 15.2. The highest BCUT2D eigenvalue weighted by atomic mass is 16.1. The van der Waals surface area contributed by atoms with Crippen molar-refractivity contribution in [2.24, 2.45) is 7.05 Å². The molecule has 2 aromatic heterocycles. The molecule has 2 rings (SSSR count). The number of carbonyl (C=O) groups is 1. The van der Waals surface area contributed by atoms with Crippen molar-refractivity contribution < 1.29 is 4.79 Å². The summed E-state index contributed by atoms with van der Waals surface area (Å²) in [6, 6.07) is 3.57. The van der Waals surface area contributed by atoms with Crippen molar-refractivity contribution in [1.29, 1.82) is 0 Å². The minimum atomic E-state index is -0.0801. The van der Waals surface area contributed by atoms with Gasteiger partial charge in [0.1, 0.15) is 5.82 Å². The first-order valence-corrected chi connectivity index (χ1v) is 7.06. The van der Waals surface area contributed by atoms with E-state index in [1.807, 2.05) is 33.3 Å². The van der Waals surface area contributed by atoms with Crippen LogP contribution in [-0.4, -0.2) is 33.8 Å². The van der Waals surface area contributed by atoms with E-state index in [1.54, 1.807) is 16.8 Å². The molecule has 2 N–H and O–H groups in total. The van der Waals surface area contributed by atoms with Crippen LogP contribution in [0.5, 0.6) is 0 Å². The lowest BCUT2D eigenvalue weighted by molar-refractivity contribution is 0.0954. The molecular formula is C15H21N5O. The number of carbonyl (C=O) groups excluding carboxylic acids is 1. The Balaban J connectivity index is 1.93. The van der Waals surface area contributed by atoms with Crippen LogP contribution < -0.4 is 10.6 Å². The van der Waals surface area contributed by atoms with Gasteiger partial charge in [-0.15, -0.1) is 0 Å². The molecule has 2 aromatic rings. The predicted molar refractivity (Wildman–Crippen MR) is 82.4 cm³/mol. The smallest absolute Gasteiger partial charge is 0.251 e. The molecule has 112 valence electrons. The standard InChI is InChI=1S/C15H21N5O/c1-4-16-14-8-13(7-11(2)19-14)15(21)17-6-5-12-9-18-20(3)10-12/h7-10H,4-6H2,1-3H3,(H,16,19)(H,17,21). The van der Waals surface area contributed by atoms with Gasteiger partial charge >= 0.3 is 0 Å². The van der Waals surface area contributed by atoms with Gasteiger partial charge in [0, 0.05) is 37.6 Å². The quantitative estimate of drug-likeness (QED) is 0.845. The normalized spacial score (nSPS) is 10.4. The molecule has 2 heterocycles. The van der Waals surface area contributed by atoms with Crippen molar-refractivity contribution in [3.05, 3.63) is 41.3 Å². The van der Waals surface area contributed by atoms with Crippen LogP contribution in [0.2, 0.25) is 0 Å². The van der Waals surface area contributed by atoms with E-state index in [0.29, 0.717) is 12.1 Å². The third-order valence-corrected chi connectivity index (χ3v) is 3.03. The van der Waals surface area contributed by atoms with Gasteiger partial charge in [-0.25, -0.2) is 4.98 Å². The van der Waals surface area contributed by atoms with Crippen LogP contribution in [0, 0.1) is 6.92 Å². The molecule has 0 unspecified atom stereocenters. The molecule has 0 saturated carbocycles. The van der Waals surface area contributed by atoms with Gasteiger partial charge in [0.25, 0.3) is 5.91 Å². The zero-order valence-electron chi connectivity index (χ0n) is 12.7. The summed E-state index contributed by atoms with van der Waals surface area (Å²) in [7, 11) is 1.88. The number of hydrogen-bond donors (Lipinski definition) is 2. The Morgan fingerprint density at radius 3 is 2.86 bits per heavy atom. The van der Waals surface area contributed by atoms with Crippen molar-refractivity contribution in [2.45, 2.75) is 20.3 Å². The summed E-state index contributed by atoms with van der Waals surface area (Å²) in [5, 5.41) is 10.2. The van der Waals surface area contributed by atoms with Crippen molar-refractivity contribution >= 4 is 11.7 Å². The molecule has 0 radical (unpaired) electrons. The van der Waals surface area contributed by atoms with Crippen LogP contribution >= 0.6 is 0 Å². The third-order valence-electron chi connectivity index (χ3n) is 3.03. The van der Waals surface area contributed by atoms with Gasteiger partial charge in [0.05, 0.1) is 6.20 Å². The number of rotatable bonds is 6. The maximum Gasteiger partial charge on any atom is 0.251 e. The lowest BCUT2D eigenvalue weighted by atomic mass is 10.2. The van der Waals surface area contributed by atoms with Crippen LogP contribution in [-0.2, 0) is 13.5 Å². The molecule has 6 heteroatoms. The largest absolute Gasteiger partial charge is 0.370 e. The molecule has 0 aliphatic rings. The number of anilines is 1. The first kappa shape index (κ1) is 15.0. The van der Waals surface area contributed by atoms with E-state index in [-0.39, 0.29) is 5.91 Å². The number of aryl methyl sites for hydroxylation is 2. The van der Waals surface area contributed by atoms with Crippen LogP contribution in [0.25, 0.3) is 0 Å². The summed E-state index contributed by atoms with van der Waals surface area (Å²) < 4.78 is 1.76. The molecule has 0 fully saturated rings. The van der Waals surface area contributed by atoms with Crippen LogP contribution in [0.4, 0.5) is 5.82 Å². The number of aromatic nitrogens is 3. The summed E-state index contributed by atoms with van der Waals surface area (Å²) in [5.74, 6) is 0.651. The fourth-order valence-electron chi connectivity index (χ4n) is 2.09. The van der Waals surface area contributed by atoms with Crippen molar-refractivity contribution in [1.82, 2.24) is 20.1 Å². The maximum absolute atomic E-state index is 12.2. The summed E-state index contributed by atoms with van der Waals surface area (Å²) in [6.07, 6.45) is 4.53. The van der Waals surface area contributed by atoms with E-state index in [9.17, 15) is 4.79 Å². The Labute approximate surface area is 124 Å². The topological polar surface area (TPSA) is 71.8 Å². The van der Waals surface area contributed by atoms with Gasteiger partial charge in [-0.1, -0.05) is 0 Å². The van der Waals surface area contributed by atoms with Crippen molar-refractivity contribution in [3.8, 4) is 0 Å². The number of amides is 1. The number of hydrogen-bond acceptors (Lipinski definition) is 4. The van der Waals surface area contributed by atoms with E-state index in [0.717, 1.165) is 30.0 Å². The average molecular weight is 287 g/mol. The van der Waals surface area contributed by atoms with Gasteiger partial charge < -0.3 is 10.6 Å². The van der Waals surface area contributed by atoms with Crippen molar-refractivity contribution in [3.63, 3.8) is 0 Å². The number of pyridine rings is 1. The third kappa shape index (κ3) is 4.30. The van der Waals surface area contributed by atoms with Crippen LogP contribution in [0.15, 0.2) is 24.5 Å².